The fourth-order valence-corrected chi connectivity index (χ4v) is 1.38. The molecule has 1 amide bonds. The van der Waals surface area contributed by atoms with Crippen molar-refractivity contribution < 1.29 is 19.2 Å². The van der Waals surface area contributed by atoms with Crippen molar-refractivity contribution in [2.75, 3.05) is 13.1 Å². The van der Waals surface area contributed by atoms with E-state index < -0.39 is 5.97 Å². The van der Waals surface area contributed by atoms with E-state index in [1.165, 1.54) is 6.92 Å². The maximum absolute atomic E-state index is 10.9. The van der Waals surface area contributed by atoms with Gasteiger partial charge in [-0.25, -0.2) is 4.79 Å². The minimum absolute atomic E-state index is 0.00998. The molecule has 1 saturated heterocycles. The molecule has 0 saturated carbocycles. The molecule has 2 rings (SSSR count). The molecule has 1 aromatic rings. The molecule has 1 N–H and O–H groups in total. The number of hydrogen-bond acceptors (Lipinski definition) is 5. The number of nitrogens with zero attached hydrogens (tertiary/aromatic N) is 3. The van der Waals surface area contributed by atoms with Gasteiger partial charge in [0.1, 0.15) is 0 Å². The lowest BCUT2D eigenvalue weighted by atomic mass is 10.0. The van der Waals surface area contributed by atoms with Crippen LogP contribution in [0, 0.1) is 0 Å². The van der Waals surface area contributed by atoms with E-state index in [0.717, 1.165) is 0 Å². The molecule has 0 atom stereocenters. The Balaban J connectivity index is 2.01. The Morgan fingerprint density at radius 2 is 2.20 bits per heavy atom. The average Bonchev–Trinajstić information content (AvgIpc) is 2.49. The third-order valence-electron chi connectivity index (χ3n) is 2.31. The predicted molar refractivity (Wildman–Crippen MR) is 46.3 cm³/mol. The maximum atomic E-state index is 10.9. The third-order valence-corrected chi connectivity index (χ3v) is 2.31. The van der Waals surface area contributed by atoms with E-state index in [0.29, 0.717) is 13.1 Å². The molecule has 0 aromatic carbocycles. The van der Waals surface area contributed by atoms with E-state index >= 15 is 0 Å². The fraction of sp³-hybridized carbons (Fsp3) is 0.500. The van der Waals surface area contributed by atoms with Crippen molar-refractivity contribution in [1.29, 1.82) is 0 Å². The van der Waals surface area contributed by atoms with E-state index in [4.69, 9.17) is 9.63 Å². The molecule has 7 heteroatoms. The molecular formula is C8H9N3O4. The largest absolute Gasteiger partial charge is 0.475 e. The zero-order valence-corrected chi connectivity index (χ0v) is 8.01. The Morgan fingerprint density at radius 1 is 1.53 bits per heavy atom. The number of carboxylic acid groups (broad SMARTS) is 1. The number of likely N-dealkylation sites (tertiary alicyclic amines) is 1. The van der Waals surface area contributed by atoms with Gasteiger partial charge < -0.3 is 14.5 Å². The summed E-state index contributed by atoms with van der Waals surface area (Å²) in [6.45, 7) is 2.50. The van der Waals surface area contributed by atoms with Crippen LogP contribution in [0.5, 0.6) is 0 Å². The lowest BCUT2D eigenvalue weighted by Gasteiger charge is -2.36. The van der Waals surface area contributed by atoms with Gasteiger partial charge in [-0.15, -0.1) is 0 Å². The smallest absolute Gasteiger partial charge is 0.377 e. The number of aromatic carboxylic acids is 1. The highest BCUT2D eigenvalue weighted by Gasteiger charge is 2.34. The van der Waals surface area contributed by atoms with E-state index in [9.17, 15) is 9.59 Å². The second-order valence-corrected chi connectivity index (χ2v) is 3.38. The SMILES string of the molecule is CC(=O)N1CC(c2nc(C(=O)O)no2)C1. The molecule has 1 aliphatic heterocycles. The number of aromatic nitrogens is 2. The standard InChI is InChI=1S/C8H9N3O4/c1-4(12)11-2-5(3-11)7-9-6(8(13)14)10-15-7/h5H,2-3H2,1H3,(H,13,14). The highest BCUT2D eigenvalue weighted by Crippen LogP contribution is 2.25. The first kappa shape index (κ1) is 9.63. The van der Waals surface area contributed by atoms with Crippen LogP contribution in [0.1, 0.15) is 29.4 Å². The first-order valence-electron chi connectivity index (χ1n) is 4.40. The summed E-state index contributed by atoms with van der Waals surface area (Å²) in [5, 5.41) is 11.9. The van der Waals surface area contributed by atoms with Crippen LogP contribution in [0.25, 0.3) is 0 Å². The Bertz CT molecular complexity index is 408. The van der Waals surface area contributed by atoms with Crippen LogP contribution in [0.2, 0.25) is 0 Å². The molecule has 1 aliphatic rings. The minimum atomic E-state index is -1.22. The number of rotatable bonds is 2. The van der Waals surface area contributed by atoms with Crippen LogP contribution < -0.4 is 0 Å². The van der Waals surface area contributed by atoms with Crippen molar-refractivity contribution in [3.8, 4) is 0 Å². The summed E-state index contributed by atoms with van der Waals surface area (Å²) in [6.07, 6.45) is 0. The number of carboxylic acids is 1. The molecule has 1 fully saturated rings. The van der Waals surface area contributed by atoms with E-state index in [1.54, 1.807) is 4.90 Å². The highest BCUT2D eigenvalue weighted by molar-refractivity contribution is 5.82. The van der Waals surface area contributed by atoms with Crippen LogP contribution >= 0.6 is 0 Å². The zero-order chi connectivity index (χ0) is 11.0. The number of amides is 1. The molecule has 15 heavy (non-hydrogen) atoms. The van der Waals surface area contributed by atoms with Gasteiger partial charge in [-0.3, -0.25) is 4.79 Å². The molecule has 0 bridgehead atoms. The highest BCUT2D eigenvalue weighted by atomic mass is 16.5. The summed E-state index contributed by atoms with van der Waals surface area (Å²) in [5.74, 6) is -1.32. The quantitative estimate of drug-likeness (QED) is 0.722. The van der Waals surface area contributed by atoms with Crippen molar-refractivity contribution >= 4 is 11.9 Å². The molecule has 0 aliphatic carbocycles. The van der Waals surface area contributed by atoms with Gasteiger partial charge in [-0.1, -0.05) is 0 Å². The first-order chi connectivity index (χ1) is 7.08. The topological polar surface area (TPSA) is 96.5 Å². The normalized spacial score (nSPS) is 16.2. The van der Waals surface area contributed by atoms with Crippen LogP contribution in [0.4, 0.5) is 0 Å². The number of carbonyl (C=O) groups excluding carboxylic acids is 1. The monoisotopic (exact) mass is 211 g/mol. The Labute approximate surface area is 84.7 Å². The summed E-state index contributed by atoms with van der Waals surface area (Å²) in [4.78, 5) is 26.7. The first-order valence-corrected chi connectivity index (χ1v) is 4.40. The molecule has 2 heterocycles. The van der Waals surface area contributed by atoms with E-state index in [-0.39, 0.29) is 23.5 Å². The Kier molecular flexibility index (Phi) is 2.14. The third kappa shape index (κ3) is 1.67. The Hall–Kier alpha value is -1.92. The lowest BCUT2D eigenvalue weighted by Crippen LogP contribution is -2.47. The van der Waals surface area contributed by atoms with Gasteiger partial charge in [0.25, 0.3) is 5.82 Å². The maximum Gasteiger partial charge on any atom is 0.377 e. The second kappa shape index (κ2) is 3.34. The second-order valence-electron chi connectivity index (χ2n) is 3.38. The van der Waals surface area contributed by atoms with Crippen molar-refractivity contribution in [3.05, 3.63) is 11.7 Å². The zero-order valence-electron chi connectivity index (χ0n) is 8.01. The van der Waals surface area contributed by atoms with Gasteiger partial charge in [0.2, 0.25) is 11.8 Å². The molecule has 80 valence electrons. The lowest BCUT2D eigenvalue weighted by molar-refractivity contribution is -0.133. The fourth-order valence-electron chi connectivity index (χ4n) is 1.38. The van der Waals surface area contributed by atoms with Crippen molar-refractivity contribution in [2.24, 2.45) is 0 Å². The molecule has 1 aromatic heterocycles. The summed E-state index contributed by atoms with van der Waals surface area (Å²) in [7, 11) is 0. The van der Waals surface area contributed by atoms with Crippen LogP contribution in [0.15, 0.2) is 4.52 Å². The molecule has 0 spiro atoms. The van der Waals surface area contributed by atoms with E-state index in [1.807, 2.05) is 0 Å². The van der Waals surface area contributed by atoms with Crippen molar-refractivity contribution in [3.63, 3.8) is 0 Å². The van der Waals surface area contributed by atoms with Crippen LogP contribution in [0.3, 0.4) is 0 Å². The van der Waals surface area contributed by atoms with Crippen molar-refractivity contribution in [2.45, 2.75) is 12.8 Å². The van der Waals surface area contributed by atoms with E-state index in [2.05, 4.69) is 10.1 Å². The van der Waals surface area contributed by atoms with Gasteiger partial charge in [0.15, 0.2) is 0 Å². The summed E-state index contributed by atoms with van der Waals surface area (Å²) < 4.78 is 4.78. The van der Waals surface area contributed by atoms with Gasteiger partial charge >= 0.3 is 5.97 Å². The van der Waals surface area contributed by atoms with Gasteiger partial charge in [-0.05, 0) is 5.16 Å². The molecular weight excluding hydrogens is 202 g/mol. The summed E-state index contributed by atoms with van der Waals surface area (Å²) in [5.41, 5.74) is 0. The average molecular weight is 211 g/mol. The van der Waals surface area contributed by atoms with Gasteiger partial charge in [0, 0.05) is 20.0 Å². The van der Waals surface area contributed by atoms with Gasteiger partial charge in [-0.2, -0.15) is 4.98 Å². The Morgan fingerprint density at radius 3 is 2.67 bits per heavy atom. The molecule has 0 unspecified atom stereocenters. The predicted octanol–water partition coefficient (Wildman–Crippen LogP) is -0.286. The van der Waals surface area contributed by atoms with Crippen LogP contribution in [-0.2, 0) is 4.79 Å². The molecule has 7 nitrogen and oxygen atoms in total. The summed E-state index contributed by atoms with van der Waals surface area (Å²) in [6, 6.07) is 0. The number of carbonyl (C=O) groups is 2. The van der Waals surface area contributed by atoms with Crippen molar-refractivity contribution in [1.82, 2.24) is 15.0 Å². The minimum Gasteiger partial charge on any atom is -0.475 e. The number of hydrogen-bond donors (Lipinski definition) is 1. The summed E-state index contributed by atoms with van der Waals surface area (Å²) >= 11 is 0. The molecule has 0 radical (unpaired) electrons. The van der Waals surface area contributed by atoms with Gasteiger partial charge in [0.05, 0.1) is 5.92 Å². The van der Waals surface area contributed by atoms with Crippen LogP contribution in [-0.4, -0.2) is 45.1 Å².